The molecule has 0 aromatic heterocycles. The topological polar surface area (TPSA) is 165 Å². The molecule has 0 radical (unpaired) electrons. The number of carbonyl (C=O) groups is 4. The van der Waals surface area contributed by atoms with E-state index in [-0.39, 0.29) is 19.4 Å². The molecule has 3 amide bonds. The summed E-state index contributed by atoms with van der Waals surface area (Å²) in [7, 11) is 0. The van der Waals surface area contributed by atoms with E-state index < -0.39 is 35.8 Å². The molecule has 19 heavy (non-hydrogen) atoms. The van der Waals surface area contributed by atoms with Crippen LogP contribution in [0.1, 0.15) is 19.8 Å². The van der Waals surface area contributed by atoms with Gasteiger partial charge in [0.25, 0.3) is 0 Å². The molecule has 7 N–H and O–H groups in total. The number of hydrogen-bond donors (Lipinski definition) is 5. The number of nitrogens with two attached hydrogens (primary N) is 2. The SMILES string of the molecule is CC(=O)NC(CCC(N)=O)C(=O)NC(CN)C(=O)O. The van der Waals surface area contributed by atoms with Crippen LogP contribution in [-0.2, 0) is 19.2 Å². The fourth-order valence-electron chi connectivity index (χ4n) is 1.29. The Morgan fingerprint density at radius 3 is 2.11 bits per heavy atom. The molecule has 9 nitrogen and oxygen atoms in total. The van der Waals surface area contributed by atoms with Crippen LogP contribution in [0.25, 0.3) is 0 Å². The molecule has 0 aromatic carbocycles. The summed E-state index contributed by atoms with van der Waals surface area (Å²) in [6.07, 6.45) is -0.129. The number of nitrogens with one attached hydrogen (secondary N) is 2. The number of primary amides is 1. The van der Waals surface area contributed by atoms with Gasteiger partial charge < -0.3 is 27.2 Å². The molecule has 2 unspecified atom stereocenters. The minimum atomic E-state index is -1.28. The summed E-state index contributed by atoms with van der Waals surface area (Å²) in [5.74, 6) is -3.12. The highest BCUT2D eigenvalue weighted by Gasteiger charge is 2.25. The van der Waals surface area contributed by atoms with Gasteiger partial charge in [0, 0.05) is 19.9 Å². The van der Waals surface area contributed by atoms with E-state index in [1.54, 1.807) is 0 Å². The van der Waals surface area contributed by atoms with Crippen molar-refractivity contribution in [1.82, 2.24) is 10.6 Å². The number of carboxylic acids is 1. The molecule has 0 aliphatic carbocycles. The molecule has 0 spiro atoms. The molecule has 0 rings (SSSR count). The van der Waals surface area contributed by atoms with Gasteiger partial charge in [0.15, 0.2) is 0 Å². The molecule has 0 aromatic rings. The number of carbonyl (C=O) groups excluding carboxylic acids is 3. The van der Waals surface area contributed by atoms with Crippen molar-refractivity contribution in [2.75, 3.05) is 6.54 Å². The summed E-state index contributed by atoms with van der Waals surface area (Å²) < 4.78 is 0. The molecule has 0 bridgehead atoms. The summed E-state index contributed by atoms with van der Waals surface area (Å²) in [5, 5.41) is 13.2. The summed E-state index contributed by atoms with van der Waals surface area (Å²) in [6, 6.07) is -2.28. The molecule has 0 fully saturated rings. The second-order valence-electron chi connectivity index (χ2n) is 3.89. The van der Waals surface area contributed by atoms with E-state index >= 15 is 0 Å². The molecule has 0 saturated carbocycles. The predicted molar refractivity (Wildman–Crippen MR) is 64.7 cm³/mol. The molecule has 0 aliphatic rings. The van der Waals surface area contributed by atoms with E-state index in [4.69, 9.17) is 16.6 Å². The first-order valence-electron chi connectivity index (χ1n) is 5.56. The number of amides is 3. The standard InChI is InChI=1S/C10H18N4O5/c1-5(15)13-6(2-3-8(12)16)9(17)14-7(4-11)10(18)19/h6-7H,2-4,11H2,1H3,(H2,12,16)(H,13,15)(H,14,17)(H,18,19). The molecule has 108 valence electrons. The fraction of sp³-hybridized carbons (Fsp3) is 0.600. The van der Waals surface area contributed by atoms with Crippen molar-refractivity contribution in [2.45, 2.75) is 31.8 Å². The van der Waals surface area contributed by atoms with Crippen LogP contribution in [0, 0.1) is 0 Å². The highest BCUT2D eigenvalue weighted by molar-refractivity contribution is 5.90. The van der Waals surface area contributed by atoms with Crippen LogP contribution in [0.2, 0.25) is 0 Å². The quantitative estimate of drug-likeness (QED) is 0.322. The monoisotopic (exact) mass is 274 g/mol. The highest BCUT2D eigenvalue weighted by atomic mass is 16.4. The minimum Gasteiger partial charge on any atom is -0.480 e. The summed E-state index contributed by atoms with van der Waals surface area (Å²) in [4.78, 5) is 44.1. The third-order valence-electron chi connectivity index (χ3n) is 2.22. The first-order valence-corrected chi connectivity index (χ1v) is 5.56. The number of carboxylic acid groups (broad SMARTS) is 1. The average Bonchev–Trinajstić information content (AvgIpc) is 2.29. The van der Waals surface area contributed by atoms with Crippen molar-refractivity contribution in [1.29, 1.82) is 0 Å². The second kappa shape index (κ2) is 8.03. The smallest absolute Gasteiger partial charge is 0.327 e. The maximum Gasteiger partial charge on any atom is 0.327 e. The largest absolute Gasteiger partial charge is 0.480 e. The Labute approximate surface area is 109 Å². The van der Waals surface area contributed by atoms with Gasteiger partial charge in [-0.3, -0.25) is 14.4 Å². The Morgan fingerprint density at radius 1 is 1.16 bits per heavy atom. The van der Waals surface area contributed by atoms with E-state index in [0.717, 1.165) is 0 Å². The van der Waals surface area contributed by atoms with Gasteiger partial charge in [0.05, 0.1) is 0 Å². The Kier molecular flexibility index (Phi) is 7.12. The van der Waals surface area contributed by atoms with E-state index in [1.165, 1.54) is 6.92 Å². The number of aliphatic carboxylic acids is 1. The van der Waals surface area contributed by atoms with Gasteiger partial charge in [0.1, 0.15) is 12.1 Å². The summed E-state index contributed by atoms with van der Waals surface area (Å²) in [6.45, 7) is 0.909. The lowest BCUT2D eigenvalue weighted by Gasteiger charge is -2.19. The molecule has 2 atom stereocenters. The second-order valence-corrected chi connectivity index (χ2v) is 3.89. The van der Waals surface area contributed by atoms with E-state index in [0.29, 0.717) is 0 Å². The first kappa shape index (κ1) is 16.8. The van der Waals surface area contributed by atoms with Gasteiger partial charge in [-0.15, -0.1) is 0 Å². The molecule has 0 saturated heterocycles. The number of rotatable bonds is 8. The zero-order valence-corrected chi connectivity index (χ0v) is 10.5. The van der Waals surface area contributed by atoms with Gasteiger partial charge in [-0.2, -0.15) is 0 Å². The van der Waals surface area contributed by atoms with Gasteiger partial charge in [-0.1, -0.05) is 0 Å². The van der Waals surface area contributed by atoms with Crippen molar-refractivity contribution >= 4 is 23.7 Å². The van der Waals surface area contributed by atoms with Crippen molar-refractivity contribution < 1.29 is 24.3 Å². The zero-order chi connectivity index (χ0) is 15.0. The van der Waals surface area contributed by atoms with Gasteiger partial charge in [-0.05, 0) is 6.42 Å². The van der Waals surface area contributed by atoms with Crippen LogP contribution >= 0.6 is 0 Å². The van der Waals surface area contributed by atoms with Crippen LogP contribution in [0.4, 0.5) is 0 Å². The van der Waals surface area contributed by atoms with Gasteiger partial charge >= 0.3 is 5.97 Å². The van der Waals surface area contributed by atoms with Crippen molar-refractivity contribution in [3.63, 3.8) is 0 Å². The summed E-state index contributed by atoms with van der Waals surface area (Å²) >= 11 is 0. The van der Waals surface area contributed by atoms with Crippen LogP contribution in [0.3, 0.4) is 0 Å². The molecular weight excluding hydrogens is 256 g/mol. The lowest BCUT2D eigenvalue weighted by molar-refractivity contribution is -0.142. The van der Waals surface area contributed by atoms with E-state index in [1.807, 2.05) is 0 Å². The number of hydrogen-bond acceptors (Lipinski definition) is 5. The Bertz CT molecular complexity index is 371. The Balaban J connectivity index is 4.64. The third-order valence-corrected chi connectivity index (χ3v) is 2.22. The maximum absolute atomic E-state index is 11.8. The molecule has 0 aliphatic heterocycles. The zero-order valence-electron chi connectivity index (χ0n) is 10.5. The van der Waals surface area contributed by atoms with Crippen molar-refractivity contribution in [2.24, 2.45) is 11.5 Å². The molecule has 9 heteroatoms. The third kappa shape index (κ3) is 6.99. The highest BCUT2D eigenvalue weighted by Crippen LogP contribution is 1.98. The van der Waals surface area contributed by atoms with Crippen molar-refractivity contribution in [3.8, 4) is 0 Å². The van der Waals surface area contributed by atoms with Crippen LogP contribution in [0.15, 0.2) is 0 Å². The minimum absolute atomic E-state index is 0.0162. The van der Waals surface area contributed by atoms with E-state index in [2.05, 4.69) is 10.6 Å². The van der Waals surface area contributed by atoms with Crippen molar-refractivity contribution in [3.05, 3.63) is 0 Å². The Hall–Kier alpha value is -2.16. The van der Waals surface area contributed by atoms with Gasteiger partial charge in [-0.25, -0.2) is 4.79 Å². The fourth-order valence-corrected chi connectivity index (χ4v) is 1.29. The predicted octanol–water partition coefficient (Wildman–Crippen LogP) is -2.72. The normalized spacial score (nSPS) is 13.2. The van der Waals surface area contributed by atoms with Gasteiger partial charge in [0.2, 0.25) is 17.7 Å². The summed E-state index contributed by atoms with van der Waals surface area (Å²) in [5.41, 5.74) is 10.1. The maximum atomic E-state index is 11.8. The van der Waals surface area contributed by atoms with E-state index in [9.17, 15) is 19.2 Å². The lowest BCUT2D eigenvalue weighted by Crippen LogP contribution is -2.53. The lowest BCUT2D eigenvalue weighted by atomic mass is 10.1. The average molecular weight is 274 g/mol. The molecule has 0 heterocycles. The van der Waals surface area contributed by atoms with Crippen LogP contribution in [0.5, 0.6) is 0 Å². The Morgan fingerprint density at radius 2 is 1.74 bits per heavy atom. The van der Waals surface area contributed by atoms with Crippen LogP contribution < -0.4 is 22.1 Å². The molecular formula is C10H18N4O5. The van der Waals surface area contributed by atoms with Crippen LogP contribution in [-0.4, -0.2) is 47.4 Å². The first-order chi connectivity index (χ1) is 8.77.